The number of rotatable bonds is 5. The molecular weight excluding hydrogens is 418 g/mol. The third-order valence-electron chi connectivity index (χ3n) is 6.75. The predicted molar refractivity (Wildman–Crippen MR) is 130 cm³/mol. The molecule has 0 saturated carbocycles. The summed E-state index contributed by atoms with van der Waals surface area (Å²) in [6, 6.07) is 13.2. The van der Waals surface area contributed by atoms with Gasteiger partial charge in [-0.1, -0.05) is 30.3 Å². The van der Waals surface area contributed by atoms with Crippen LogP contribution >= 0.6 is 0 Å². The van der Waals surface area contributed by atoms with E-state index in [1.807, 2.05) is 68.3 Å². The van der Waals surface area contributed by atoms with Gasteiger partial charge in [-0.15, -0.1) is 0 Å². The first kappa shape index (κ1) is 22.6. The molecular formula is C26H29N3O4. The Hall–Kier alpha value is -3.61. The van der Waals surface area contributed by atoms with Gasteiger partial charge >= 0.3 is 5.97 Å². The minimum Gasteiger partial charge on any atom is -0.481 e. The number of H-pyrrole nitrogens is 1. The van der Waals surface area contributed by atoms with E-state index in [1.54, 1.807) is 11.1 Å². The molecule has 1 aromatic heterocycles. The van der Waals surface area contributed by atoms with Gasteiger partial charge in [-0.2, -0.15) is 0 Å². The van der Waals surface area contributed by atoms with Gasteiger partial charge in [0.15, 0.2) is 0 Å². The van der Waals surface area contributed by atoms with E-state index in [4.69, 9.17) is 0 Å². The van der Waals surface area contributed by atoms with Gasteiger partial charge in [0, 0.05) is 43.0 Å². The molecule has 1 saturated heterocycles. The van der Waals surface area contributed by atoms with Crippen LogP contribution in [0.1, 0.15) is 25.3 Å². The molecule has 0 bridgehead atoms. The van der Waals surface area contributed by atoms with Gasteiger partial charge in [-0.25, -0.2) is 0 Å². The van der Waals surface area contributed by atoms with Gasteiger partial charge in [0.2, 0.25) is 5.91 Å². The number of hydrogen-bond donors (Lipinski definition) is 2. The summed E-state index contributed by atoms with van der Waals surface area (Å²) in [6.45, 7) is 4.66. The van der Waals surface area contributed by atoms with Crippen LogP contribution in [0.15, 0.2) is 53.5 Å². The van der Waals surface area contributed by atoms with Crippen LogP contribution in [0.5, 0.6) is 0 Å². The number of aromatic amines is 1. The van der Waals surface area contributed by atoms with Crippen molar-refractivity contribution in [3.8, 4) is 11.1 Å². The van der Waals surface area contributed by atoms with Crippen molar-refractivity contribution in [3.63, 3.8) is 0 Å². The highest BCUT2D eigenvalue weighted by molar-refractivity contribution is 5.98. The molecule has 1 aliphatic rings. The maximum atomic E-state index is 13.1. The highest BCUT2D eigenvalue weighted by Crippen LogP contribution is 2.31. The number of hydrogen-bond acceptors (Lipinski definition) is 4. The number of nitrogens with one attached hydrogen (secondary N) is 1. The Kier molecular flexibility index (Phi) is 6.22. The molecule has 0 spiro atoms. The summed E-state index contributed by atoms with van der Waals surface area (Å²) in [6.07, 6.45) is 3.03. The lowest BCUT2D eigenvalue weighted by atomic mass is 9.96. The molecule has 1 amide bonds. The van der Waals surface area contributed by atoms with Crippen molar-refractivity contribution >= 4 is 28.3 Å². The lowest BCUT2D eigenvalue weighted by molar-refractivity contribution is -0.145. The fourth-order valence-electron chi connectivity index (χ4n) is 4.60. The van der Waals surface area contributed by atoms with Crippen LogP contribution in [0.25, 0.3) is 21.9 Å². The molecule has 2 aromatic carbocycles. The number of likely N-dealkylation sites (N-methyl/N-ethyl adjacent to an activating group) is 1. The van der Waals surface area contributed by atoms with Gasteiger partial charge in [0.25, 0.3) is 5.56 Å². The van der Waals surface area contributed by atoms with Crippen molar-refractivity contribution in [1.29, 1.82) is 0 Å². The number of benzene rings is 2. The smallest absolute Gasteiger partial charge is 0.308 e. The minimum atomic E-state index is -0.855. The number of carboxylic acids is 1. The van der Waals surface area contributed by atoms with Crippen LogP contribution in [-0.4, -0.2) is 53.0 Å². The molecule has 2 N–H and O–H groups in total. The van der Waals surface area contributed by atoms with E-state index in [0.717, 1.165) is 27.8 Å². The topological polar surface area (TPSA) is 93.7 Å². The third kappa shape index (κ3) is 4.35. The van der Waals surface area contributed by atoms with Gasteiger partial charge in [-0.05, 0) is 55.3 Å². The van der Waals surface area contributed by atoms with Crippen LogP contribution in [-0.2, 0) is 9.59 Å². The summed E-state index contributed by atoms with van der Waals surface area (Å²) in [5.74, 6) is -1.47. The molecule has 172 valence electrons. The van der Waals surface area contributed by atoms with Crippen molar-refractivity contribution < 1.29 is 14.7 Å². The number of carbonyl (C=O) groups excluding carboxylic acids is 1. The molecule has 3 aromatic rings. The summed E-state index contributed by atoms with van der Waals surface area (Å²) in [7, 11) is 1.82. The standard InChI is InChI=1S/C26H29N3O4/c1-16-7-4-5-9-20(16)23-14-27-24(30)22-13-19(10-11-21(22)23)28(3)17(2)25(31)29-12-6-8-18(15-29)26(32)33/h4-5,7,9-11,13-14,17-18H,6,8,12,15H2,1-3H3,(H,27,30)(H,32,33)/t17-,18+/m1/s1. The minimum absolute atomic E-state index is 0.105. The number of carboxylic acid groups (broad SMARTS) is 1. The zero-order chi connectivity index (χ0) is 23.7. The Balaban J connectivity index is 1.64. The lowest BCUT2D eigenvalue weighted by Crippen LogP contribution is -2.50. The summed E-state index contributed by atoms with van der Waals surface area (Å²) >= 11 is 0. The molecule has 7 heteroatoms. The molecule has 2 atom stereocenters. The maximum Gasteiger partial charge on any atom is 0.308 e. The van der Waals surface area contributed by atoms with Crippen LogP contribution < -0.4 is 10.5 Å². The van der Waals surface area contributed by atoms with Crippen LogP contribution in [0, 0.1) is 12.8 Å². The van der Waals surface area contributed by atoms with Crippen molar-refractivity contribution in [2.24, 2.45) is 5.92 Å². The zero-order valence-electron chi connectivity index (χ0n) is 19.2. The van der Waals surface area contributed by atoms with Crippen molar-refractivity contribution in [2.45, 2.75) is 32.7 Å². The quantitative estimate of drug-likeness (QED) is 0.623. The summed E-state index contributed by atoms with van der Waals surface area (Å²) < 4.78 is 0. The maximum absolute atomic E-state index is 13.1. The molecule has 7 nitrogen and oxygen atoms in total. The van der Waals surface area contributed by atoms with E-state index < -0.39 is 17.9 Å². The molecule has 33 heavy (non-hydrogen) atoms. The fourth-order valence-corrected chi connectivity index (χ4v) is 4.60. The van der Waals surface area contributed by atoms with Crippen LogP contribution in [0.3, 0.4) is 0 Å². The second-order valence-electron chi connectivity index (χ2n) is 8.82. The highest BCUT2D eigenvalue weighted by atomic mass is 16.4. The molecule has 2 heterocycles. The number of aryl methyl sites for hydroxylation is 1. The summed E-state index contributed by atoms with van der Waals surface area (Å²) in [4.78, 5) is 43.5. The van der Waals surface area contributed by atoms with E-state index in [0.29, 0.717) is 24.8 Å². The average molecular weight is 448 g/mol. The van der Waals surface area contributed by atoms with Gasteiger partial charge in [0.1, 0.15) is 6.04 Å². The number of carbonyl (C=O) groups is 2. The number of pyridine rings is 1. The van der Waals surface area contributed by atoms with Gasteiger partial charge in [-0.3, -0.25) is 14.4 Å². The van der Waals surface area contributed by atoms with Crippen molar-refractivity contribution in [1.82, 2.24) is 9.88 Å². The monoisotopic (exact) mass is 447 g/mol. The number of likely N-dealkylation sites (tertiary alicyclic amines) is 1. The van der Waals surface area contributed by atoms with E-state index in [-0.39, 0.29) is 18.0 Å². The molecule has 0 aliphatic carbocycles. The number of anilines is 1. The molecule has 1 aliphatic heterocycles. The Morgan fingerprint density at radius 3 is 2.64 bits per heavy atom. The predicted octanol–water partition coefficient (Wildman–Crippen LogP) is 3.65. The number of amides is 1. The Morgan fingerprint density at radius 2 is 1.91 bits per heavy atom. The first-order chi connectivity index (χ1) is 15.8. The molecule has 4 rings (SSSR count). The normalized spacial score (nSPS) is 17.1. The summed E-state index contributed by atoms with van der Waals surface area (Å²) in [5.41, 5.74) is 3.70. The van der Waals surface area contributed by atoms with Crippen molar-refractivity contribution in [2.75, 3.05) is 25.0 Å². The van der Waals surface area contributed by atoms with E-state index in [1.165, 1.54) is 0 Å². The fraction of sp³-hybridized carbons (Fsp3) is 0.346. The number of fused-ring (bicyclic) bond motifs is 1. The van der Waals surface area contributed by atoms with Crippen LogP contribution in [0.4, 0.5) is 5.69 Å². The Labute approximate surface area is 192 Å². The van der Waals surface area contributed by atoms with E-state index in [9.17, 15) is 19.5 Å². The lowest BCUT2D eigenvalue weighted by Gasteiger charge is -2.35. The largest absolute Gasteiger partial charge is 0.481 e. The number of aliphatic carboxylic acids is 1. The second-order valence-corrected chi connectivity index (χ2v) is 8.82. The zero-order valence-corrected chi connectivity index (χ0v) is 19.2. The number of nitrogens with zero attached hydrogens (tertiary/aromatic N) is 2. The molecule has 0 unspecified atom stereocenters. The third-order valence-corrected chi connectivity index (χ3v) is 6.75. The highest BCUT2D eigenvalue weighted by Gasteiger charge is 2.31. The van der Waals surface area contributed by atoms with E-state index in [2.05, 4.69) is 4.98 Å². The number of aromatic nitrogens is 1. The number of piperidine rings is 1. The second kappa shape index (κ2) is 9.10. The average Bonchev–Trinajstić information content (AvgIpc) is 2.83. The first-order valence-corrected chi connectivity index (χ1v) is 11.2. The Morgan fingerprint density at radius 1 is 1.15 bits per heavy atom. The van der Waals surface area contributed by atoms with Gasteiger partial charge < -0.3 is 19.9 Å². The van der Waals surface area contributed by atoms with E-state index >= 15 is 0 Å². The van der Waals surface area contributed by atoms with Gasteiger partial charge in [0.05, 0.1) is 5.92 Å². The Bertz CT molecular complexity index is 1270. The summed E-state index contributed by atoms with van der Waals surface area (Å²) in [5, 5.41) is 10.7. The van der Waals surface area contributed by atoms with Crippen LogP contribution in [0.2, 0.25) is 0 Å². The van der Waals surface area contributed by atoms with Crippen molar-refractivity contribution in [3.05, 3.63) is 64.6 Å². The molecule has 1 fully saturated rings. The first-order valence-electron chi connectivity index (χ1n) is 11.2. The molecule has 0 radical (unpaired) electrons. The SMILES string of the molecule is Cc1ccccc1-c1c[nH]c(=O)c2cc(N(C)[C@H](C)C(=O)N3CCC[C@H](C(=O)O)C3)ccc12.